The summed E-state index contributed by atoms with van der Waals surface area (Å²) in [5, 5.41) is 9.28. The van der Waals surface area contributed by atoms with Gasteiger partial charge in [-0.1, -0.05) is 0 Å². The molecule has 2 aromatic heterocycles. The van der Waals surface area contributed by atoms with Crippen molar-refractivity contribution < 1.29 is 41.8 Å². The average Bonchev–Trinajstić information content (AvgIpc) is 3.41. The second-order valence-corrected chi connectivity index (χ2v) is 11.6. The fourth-order valence-electron chi connectivity index (χ4n) is 4.68. The molecule has 2 N–H and O–H groups in total. The number of halogens is 3. The van der Waals surface area contributed by atoms with Gasteiger partial charge in [0.25, 0.3) is 11.8 Å². The molecule has 0 unspecified atom stereocenters. The monoisotopic (exact) mass is 654 g/mol. The molecule has 12 nitrogen and oxygen atoms in total. The van der Waals surface area contributed by atoms with E-state index < -0.39 is 35.0 Å². The lowest BCUT2D eigenvalue weighted by Gasteiger charge is -2.26. The molecule has 15 heteroatoms. The first-order valence-corrected chi connectivity index (χ1v) is 14.7. The summed E-state index contributed by atoms with van der Waals surface area (Å²) >= 11 is 0. The molecule has 2 aromatic carbocycles. The number of morpholine rings is 1. The molecule has 2 amide bonds. The molecule has 4 aromatic rings. The highest BCUT2D eigenvalue weighted by molar-refractivity contribution is 6.12. The van der Waals surface area contributed by atoms with Gasteiger partial charge in [-0.05, 0) is 69.3 Å². The number of carbonyl (C=O) groups excluding carboxylic acids is 3. The minimum atomic E-state index is -4.69. The summed E-state index contributed by atoms with van der Waals surface area (Å²) in [6.45, 7) is 9.01. The highest BCUT2D eigenvalue weighted by atomic mass is 19.4. The number of alkyl halides is 3. The fraction of sp³-hybridized carbons (Fsp3) is 0.344. The standard InChI is InChI=1S/C32H33F3N6O6/c1-31(2,3)47-30(44)41-26-9-4-20(32(33,34)35)18-24(26)27(39-41)29(43)38-21-5-7-22(8-6-21)46-23-10-11-36-25(19-23)28(42)37-12-13-40-14-16-45-17-15-40/h4-11,18-19H,12-17H2,1-3H3,(H,37,42)(H,38,43). The molecule has 1 aliphatic heterocycles. The number of fused-ring (bicyclic) bond motifs is 1. The molecule has 47 heavy (non-hydrogen) atoms. The van der Waals surface area contributed by atoms with Crippen LogP contribution in [-0.2, 0) is 15.7 Å². The molecule has 1 fully saturated rings. The number of ether oxygens (including phenoxy) is 3. The van der Waals surface area contributed by atoms with Gasteiger partial charge in [0.05, 0.1) is 24.3 Å². The van der Waals surface area contributed by atoms with Gasteiger partial charge in [0.1, 0.15) is 22.8 Å². The van der Waals surface area contributed by atoms with Gasteiger partial charge >= 0.3 is 12.3 Å². The summed E-state index contributed by atoms with van der Waals surface area (Å²) in [6, 6.07) is 11.9. The lowest BCUT2D eigenvalue weighted by Crippen LogP contribution is -2.41. The van der Waals surface area contributed by atoms with Crippen molar-refractivity contribution in [2.45, 2.75) is 32.5 Å². The van der Waals surface area contributed by atoms with Crippen LogP contribution in [0.3, 0.4) is 0 Å². The van der Waals surface area contributed by atoms with Crippen LogP contribution in [0.5, 0.6) is 11.5 Å². The molecule has 0 atom stereocenters. The zero-order valence-electron chi connectivity index (χ0n) is 25.9. The van der Waals surface area contributed by atoms with Crippen LogP contribution in [0, 0.1) is 0 Å². The van der Waals surface area contributed by atoms with Crippen molar-refractivity contribution in [3.05, 3.63) is 77.7 Å². The average molecular weight is 655 g/mol. The summed E-state index contributed by atoms with van der Waals surface area (Å²) < 4.78 is 57.8. The minimum absolute atomic E-state index is 0.0244. The van der Waals surface area contributed by atoms with Gasteiger partial charge in [0, 0.05) is 49.5 Å². The van der Waals surface area contributed by atoms with Crippen molar-refractivity contribution >= 4 is 34.5 Å². The molecule has 5 rings (SSSR count). The first kappa shape index (κ1) is 33.3. The Kier molecular flexibility index (Phi) is 9.77. The Bertz CT molecular complexity index is 1760. The third kappa shape index (κ3) is 8.62. The number of aromatic nitrogens is 3. The molecule has 0 saturated carbocycles. The number of nitrogens with zero attached hydrogens (tertiary/aromatic N) is 4. The van der Waals surface area contributed by atoms with E-state index in [1.54, 1.807) is 39.0 Å². The fourth-order valence-corrected chi connectivity index (χ4v) is 4.68. The van der Waals surface area contributed by atoms with Crippen molar-refractivity contribution in [2.24, 2.45) is 0 Å². The third-order valence-corrected chi connectivity index (χ3v) is 6.92. The minimum Gasteiger partial charge on any atom is -0.457 e. The summed E-state index contributed by atoms with van der Waals surface area (Å²) in [6.07, 6.45) is -4.19. The van der Waals surface area contributed by atoms with Crippen LogP contribution in [0.2, 0.25) is 0 Å². The second kappa shape index (κ2) is 13.8. The number of pyridine rings is 1. The van der Waals surface area contributed by atoms with E-state index in [-0.39, 0.29) is 28.2 Å². The lowest BCUT2D eigenvalue weighted by molar-refractivity contribution is -0.137. The second-order valence-electron chi connectivity index (χ2n) is 11.6. The molecule has 1 saturated heterocycles. The van der Waals surface area contributed by atoms with Crippen molar-refractivity contribution in [1.82, 2.24) is 25.0 Å². The smallest absolute Gasteiger partial charge is 0.435 e. The van der Waals surface area contributed by atoms with E-state index in [2.05, 4.69) is 25.6 Å². The zero-order valence-corrected chi connectivity index (χ0v) is 25.9. The van der Waals surface area contributed by atoms with Crippen LogP contribution in [0.4, 0.5) is 23.7 Å². The maximum atomic E-state index is 13.5. The van der Waals surface area contributed by atoms with Gasteiger partial charge in [-0.2, -0.15) is 23.0 Å². The topological polar surface area (TPSA) is 137 Å². The zero-order chi connectivity index (χ0) is 33.8. The van der Waals surface area contributed by atoms with Gasteiger partial charge < -0.3 is 24.8 Å². The summed E-state index contributed by atoms with van der Waals surface area (Å²) in [4.78, 5) is 45.0. The molecule has 248 valence electrons. The summed E-state index contributed by atoms with van der Waals surface area (Å²) in [5.74, 6) is -0.452. The van der Waals surface area contributed by atoms with Crippen LogP contribution in [0.1, 0.15) is 47.3 Å². The number of rotatable bonds is 8. The number of hydrogen-bond donors (Lipinski definition) is 2. The molecular formula is C32H33F3N6O6. The van der Waals surface area contributed by atoms with Gasteiger partial charge in [0.15, 0.2) is 5.69 Å². The Hall–Kier alpha value is -5.02. The first-order chi connectivity index (χ1) is 22.3. The number of amides is 2. The van der Waals surface area contributed by atoms with E-state index in [1.165, 1.54) is 24.4 Å². The number of nitrogens with one attached hydrogen (secondary N) is 2. The molecule has 0 radical (unpaired) electrons. The highest BCUT2D eigenvalue weighted by Gasteiger charge is 2.33. The molecular weight excluding hydrogens is 621 g/mol. The number of anilines is 1. The molecule has 3 heterocycles. The number of hydrogen-bond acceptors (Lipinski definition) is 9. The normalized spacial score (nSPS) is 14.1. The van der Waals surface area contributed by atoms with Gasteiger partial charge in [0.2, 0.25) is 0 Å². The summed E-state index contributed by atoms with van der Waals surface area (Å²) in [7, 11) is 0. The van der Waals surface area contributed by atoms with E-state index in [1.807, 2.05) is 0 Å². The molecule has 0 bridgehead atoms. The molecule has 1 aliphatic rings. The van der Waals surface area contributed by atoms with Crippen LogP contribution in [0.25, 0.3) is 10.9 Å². The Morgan fingerprint density at radius 2 is 1.66 bits per heavy atom. The van der Waals surface area contributed by atoms with Crippen molar-refractivity contribution in [2.75, 3.05) is 44.7 Å². The summed E-state index contributed by atoms with van der Waals surface area (Å²) in [5.41, 5.74) is -1.88. The van der Waals surface area contributed by atoms with E-state index in [9.17, 15) is 27.6 Å². The largest absolute Gasteiger partial charge is 0.457 e. The van der Waals surface area contributed by atoms with Gasteiger partial charge in [-0.3, -0.25) is 19.5 Å². The van der Waals surface area contributed by atoms with E-state index in [0.717, 1.165) is 36.0 Å². The quantitative estimate of drug-likeness (QED) is 0.258. The van der Waals surface area contributed by atoms with Crippen molar-refractivity contribution in [1.29, 1.82) is 0 Å². The van der Waals surface area contributed by atoms with Crippen LogP contribution >= 0.6 is 0 Å². The molecule has 0 aliphatic carbocycles. The predicted molar refractivity (Wildman–Crippen MR) is 165 cm³/mol. The van der Waals surface area contributed by atoms with Crippen LogP contribution in [-0.4, -0.2) is 82.6 Å². The maximum absolute atomic E-state index is 13.5. The van der Waals surface area contributed by atoms with Crippen molar-refractivity contribution in [3.8, 4) is 11.5 Å². The Balaban J connectivity index is 1.26. The highest BCUT2D eigenvalue weighted by Crippen LogP contribution is 2.33. The van der Waals surface area contributed by atoms with E-state index >= 15 is 0 Å². The van der Waals surface area contributed by atoms with Gasteiger partial charge in [-0.25, -0.2) is 4.79 Å². The SMILES string of the molecule is CC(C)(C)OC(=O)n1nc(C(=O)Nc2ccc(Oc3ccnc(C(=O)NCCN4CCOCC4)c3)cc2)c2cc(C(F)(F)F)ccc21. The van der Waals surface area contributed by atoms with E-state index in [4.69, 9.17) is 14.2 Å². The Morgan fingerprint density at radius 1 is 0.936 bits per heavy atom. The van der Waals surface area contributed by atoms with E-state index in [0.29, 0.717) is 37.8 Å². The van der Waals surface area contributed by atoms with Crippen LogP contribution < -0.4 is 15.4 Å². The Morgan fingerprint density at radius 3 is 2.34 bits per heavy atom. The Labute approximate surface area is 267 Å². The lowest BCUT2D eigenvalue weighted by atomic mass is 10.1. The number of benzene rings is 2. The predicted octanol–water partition coefficient (Wildman–Crippen LogP) is 5.34. The van der Waals surface area contributed by atoms with Gasteiger partial charge in [-0.15, -0.1) is 0 Å². The number of carbonyl (C=O) groups is 3. The first-order valence-electron chi connectivity index (χ1n) is 14.7. The third-order valence-electron chi connectivity index (χ3n) is 6.92. The van der Waals surface area contributed by atoms with Crippen LogP contribution in [0.15, 0.2) is 60.8 Å². The maximum Gasteiger partial charge on any atom is 0.435 e. The van der Waals surface area contributed by atoms with Crippen molar-refractivity contribution in [3.63, 3.8) is 0 Å². The molecule has 0 spiro atoms.